The predicted molar refractivity (Wildman–Crippen MR) is 81.2 cm³/mol. The fourth-order valence-corrected chi connectivity index (χ4v) is 4.07. The molecule has 1 atom stereocenters. The van der Waals surface area contributed by atoms with Crippen LogP contribution >= 0.6 is 11.6 Å². The van der Waals surface area contributed by atoms with Crippen LogP contribution < -0.4 is 4.74 Å². The molecule has 128 valence electrons. The van der Waals surface area contributed by atoms with Crippen LogP contribution in [0.2, 0.25) is 5.02 Å². The Hall–Kier alpha value is -1.84. The summed E-state index contributed by atoms with van der Waals surface area (Å²) in [4.78, 5) is 7.26. The van der Waals surface area contributed by atoms with Gasteiger partial charge >= 0.3 is 6.01 Å². The largest absolute Gasteiger partial charge is 0.459 e. The third kappa shape index (κ3) is 3.47. The molecule has 0 amide bonds. The molecule has 1 aromatic heterocycles. The Kier molecular flexibility index (Phi) is 4.66. The first-order chi connectivity index (χ1) is 11.4. The lowest BCUT2D eigenvalue weighted by Gasteiger charge is -2.17. The SMILES string of the molecule is O=S(=O)(c1ccc(F)c(Cl)c1)N1CC[C@H](Oc2ncc(F)cn2)C1. The fourth-order valence-electron chi connectivity index (χ4n) is 2.31. The molecule has 1 aromatic carbocycles. The van der Waals surface area contributed by atoms with Crippen LogP contribution in [0.3, 0.4) is 0 Å². The van der Waals surface area contributed by atoms with Crippen LogP contribution in [-0.2, 0) is 10.0 Å². The molecule has 0 spiro atoms. The molecule has 0 aliphatic carbocycles. The van der Waals surface area contributed by atoms with Crippen molar-refractivity contribution in [2.45, 2.75) is 17.4 Å². The van der Waals surface area contributed by atoms with Gasteiger partial charge < -0.3 is 4.74 Å². The molecule has 1 saturated heterocycles. The summed E-state index contributed by atoms with van der Waals surface area (Å²) in [6.07, 6.45) is 1.90. The highest BCUT2D eigenvalue weighted by atomic mass is 35.5. The van der Waals surface area contributed by atoms with Gasteiger partial charge in [-0.3, -0.25) is 0 Å². The summed E-state index contributed by atoms with van der Waals surface area (Å²) in [5.74, 6) is -1.28. The molecule has 24 heavy (non-hydrogen) atoms. The van der Waals surface area contributed by atoms with Crippen LogP contribution in [0, 0.1) is 11.6 Å². The molecule has 1 aliphatic heterocycles. The molecule has 0 bridgehead atoms. The van der Waals surface area contributed by atoms with Gasteiger partial charge in [-0.05, 0) is 24.6 Å². The van der Waals surface area contributed by atoms with Crippen LogP contribution in [0.15, 0.2) is 35.5 Å². The highest BCUT2D eigenvalue weighted by molar-refractivity contribution is 7.89. The molecule has 0 saturated carbocycles. The van der Waals surface area contributed by atoms with E-state index in [0.29, 0.717) is 6.42 Å². The van der Waals surface area contributed by atoms with Crippen LogP contribution in [0.4, 0.5) is 8.78 Å². The second-order valence-corrected chi connectivity index (χ2v) is 7.50. The minimum atomic E-state index is -3.81. The van der Waals surface area contributed by atoms with Crippen molar-refractivity contribution in [2.24, 2.45) is 0 Å². The highest BCUT2D eigenvalue weighted by Gasteiger charge is 2.34. The first-order valence-electron chi connectivity index (χ1n) is 6.95. The Morgan fingerprint density at radius 3 is 2.62 bits per heavy atom. The van der Waals surface area contributed by atoms with Crippen molar-refractivity contribution in [3.8, 4) is 6.01 Å². The van der Waals surface area contributed by atoms with E-state index in [9.17, 15) is 17.2 Å². The molecular formula is C14H12ClF2N3O3S. The van der Waals surface area contributed by atoms with Gasteiger partial charge in [-0.2, -0.15) is 4.31 Å². The standard InChI is InChI=1S/C14H12ClF2N3O3S/c15-12-5-11(1-2-13(12)17)24(21,22)20-4-3-10(8-20)23-14-18-6-9(16)7-19-14/h1-2,5-7,10H,3-4,8H2/t10-/m0/s1. The molecule has 10 heteroatoms. The summed E-state index contributed by atoms with van der Waals surface area (Å²) in [6, 6.07) is 3.22. The monoisotopic (exact) mass is 375 g/mol. The molecule has 0 radical (unpaired) electrons. The van der Waals surface area contributed by atoms with Crippen molar-refractivity contribution in [1.29, 1.82) is 0 Å². The Morgan fingerprint density at radius 1 is 1.25 bits per heavy atom. The first-order valence-corrected chi connectivity index (χ1v) is 8.77. The Morgan fingerprint density at radius 2 is 1.96 bits per heavy atom. The molecule has 1 aliphatic rings. The number of ether oxygens (including phenoxy) is 1. The Bertz CT molecular complexity index is 849. The van der Waals surface area contributed by atoms with E-state index in [1.54, 1.807) is 0 Å². The number of halogens is 3. The van der Waals surface area contributed by atoms with E-state index in [4.69, 9.17) is 16.3 Å². The van der Waals surface area contributed by atoms with Crippen molar-refractivity contribution in [3.63, 3.8) is 0 Å². The number of hydrogen-bond donors (Lipinski definition) is 0. The lowest BCUT2D eigenvalue weighted by molar-refractivity contribution is 0.197. The second kappa shape index (κ2) is 6.58. The quantitative estimate of drug-likeness (QED) is 0.819. The number of benzene rings is 1. The molecule has 3 rings (SSSR count). The zero-order valence-electron chi connectivity index (χ0n) is 12.2. The predicted octanol–water partition coefficient (Wildman–Crippen LogP) is 2.25. The molecule has 0 unspecified atom stereocenters. The average molecular weight is 376 g/mol. The van der Waals surface area contributed by atoms with Crippen LogP contribution in [0.5, 0.6) is 6.01 Å². The summed E-state index contributed by atoms with van der Waals surface area (Å²) < 4.78 is 57.7. The van der Waals surface area contributed by atoms with E-state index >= 15 is 0 Å². The van der Waals surface area contributed by atoms with Gasteiger partial charge in [0.15, 0.2) is 5.82 Å². The average Bonchev–Trinajstić information content (AvgIpc) is 3.01. The minimum absolute atomic E-state index is 0.0227. The molecule has 2 heterocycles. The normalized spacial score (nSPS) is 18.7. The van der Waals surface area contributed by atoms with Gasteiger partial charge in [0.2, 0.25) is 10.0 Å². The number of hydrogen-bond acceptors (Lipinski definition) is 5. The van der Waals surface area contributed by atoms with Gasteiger partial charge in [-0.15, -0.1) is 0 Å². The maximum absolute atomic E-state index is 13.2. The maximum Gasteiger partial charge on any atom is 0.316 e. The van der Waals surface area contributed by atoms with E-state index in [-0.39, 0.29) is 29.0 Å². The van der Waals surface area contributed by atoms with Gasteiger partial charge in [0.05, 0.1) is 28.9 Å². The third-order valence-corrected chi connectivity index (χ3v) is 5.66. The van der Waals surface area contributed by atoms with Crippen LogP contribution in [-0.4, -0.2) is 41.9 Å². The van der Waals surface area contributed by atoms with Crippen molar-refractivity contribution >= 4 is 21.6 Å². The zero-order chi connectivity index (χ0) is 17.3. The number of sulfonamides is 1. The van der Waals surface area contributed by atoms with E-state index in [2.05, 4.69) is 9.97 Å². The lowest BCUT2D eigenvalue weighted by atomic mass is 10.3. The molecule has 6 nitrogen and oxygen atoms in total. The van der Waals surface area contributed by atoms with Gasteiger partial charge in [0.25, 0.3) is 0 Å². The maximum atomic E-state index is 13.2. The fraction of sp³-hybridized carbons (Fsp3) is 0.286. The zero-order valence-corrected chi connectivity index (χ0v) is 13.8. The number of rotatable bonds is 4. The van der Waals surface area contributed by atoms with Crippen LogP contribution in [0.1, 0.15) is 6.42 Å². The van der Waals surface area contributed by atoms with Gasteiger partial charge in [0, 0.05) is 6.54 Å². The highest BCUT2D eigenvalue weighted by Crippen LogP contribution is 2.26. The number of aromatic nitrogens is 2. The summed E-state index contributed by atoms with van der Waals surface area (Å²) in [5, 5.41) is -0.261. The van der Waals surface area contributed by atoms with E-state index in [1.165, 1.54) is 4.31 Å². The molecular weight excluding hydrogens is 364 g/mol. The minimum Gasteiger partial charge on any atom is -0.459 e. The molecule has 0 N–H and O–H groups in total. The second-order valence-electron chi connectivity index (χ2n) is 5.15. The van der Waals surface area contributed by atoms with Crippen molar-refractivity contribution in [3.05, 3.63) is 47.2 Å². The Balaban J connectivity index is 1.72. The van der Waals surface area contributed by atoms with E-state index in [1.807, 2.05) is 0 Å². The van der Waals surface area contributed by atoms with Crippen molar-refractivity contribution in [2.75, 3.05) is 13.1 Å². The third-order valence-electron chi connectivity index (χ3n) is 3.51. The van der Waals surface area contributed by atoms with Gasteiger partial charge in [0.1, 0.15) is 11.9 Å². The summed E-state index contributed by atoms with van der Waals surface area (Å²) in [5.41, 5.74) is 0. The smallest absolute Gasteiger partial charge is 0.316 e. The van der Waals surface area contributed by atoms with E-state index < -0.39 is 27.8 Å². The summed E-state index contributed by atoms with van der Waals surface area (Å²) in [7, 11) is -3.81. The molecule has 2 aromatic rings. The van der Waals surface area contributed by atoms with Crippen molar-refractivity contribution < 1.29 is 21.9 Å². The molecule has 1 fully saturated rings. The topological polar surface area (TPSA) is 72.4 Å². The van der Waals surface area contributed by atoms with Gasteiger partial charge in [-0.25, -0.2) is 27.2 Å². The van der Waals surface area contributed by atoms with Crippen molar-refractivity contribution in [1.82, 2.24) is 14.3 Å². The van der Waals surface area contributed by atoms with Gasteiger partial charge in [-0.1, -0.05) is 11.6 Å². The first kappa shape index (κ1) is 17.0. The van der Waals surface area contributed by atoms with E-state index in [0.717, 1.165) is 30.6 Å². The number of nitrogens with zero attached hydrogens (tertiary/aromatic N) is 3. The summed E-state index contributed by atoms with van der Waals surface area (Å²) in [6.45, 7) is 0.307. The lowest BCUT2D eigenvalue weighted by Crippen LogP contribution is -2.31. The summed E-state index contributed by atoms with van der Waals surface area (Å²) >= 11 is 5.65. The van der Waals surface area contributed by atoms with Crippen LogP contribution in [0.25, 0.3) is 0 Å². The Labute approximate surface area is 142 Å².